The maximum atomic E-state index is 12.8. The Bertz CT molecular complexity index is 666. The quantitative estimate of drug-likeness (QED) is 0.0851. The zero-order valence-corrected chi connectivity index (χ0v) is 23.7. The fourth-order valence-electron chi connectivity index (χ4n) is 4.73. The van der Waals surface area contributed by atoms with Crippen LogP contribution in [0.4, 0.5) is 0 Å². The van der Waals surface area contributed by atoms with Crippen LogP contribution in [-0.2, 0) is 25.5 Å². The van der Waals surface area contributed by atoms with Gasteiger partial charge in [0.25, 0.3) is 0 Å². The molecule has 1 aromatic rings. The maximum absolute atomic E-state index is 12.8. The lowest BCUT2D eigenvalue weighted by molar-refractivity contribution is -0.173. The van der Waals surface area contributed by atoms with Crippen LogP contribution < -0.4 is 0 Å². The molecule has 4 nitrogen and oxygen atoms in total. The van der Waals surface area contributed by atoms with E-state index in [4.69, 9.17) is 9.47 Å². The van der Waals surface area contributed by atoms with Crippen molar-refractivity contribution in [2.75, 3.05) is 13.2 Å². The van der Waals surface area contributed by atoms with Crippen molar-refractivity contribution in [3.05, 3.63) is 35.9 Å². The molecule has 4 heteroatoms. The van der Waals surface area contributed by atoms with Gasteiger partial charge >= 0.3 is 11.9 Å². The van der Waals surface area contributed by atoms with Gasteiger partial charge in [-0.25, -0.2) is 0 Å². The molecule has 0 fully saturated rings. The molecule has 0 N–H and O–H groups in total. The first-order chi connectivity index (χ1) is 17.6. The van der Waals surface area contributed by atoms with Crippen molar-refractivity contribution in [3.63, 3.8) is 0 Å². The molecule has 0 aliphatic heterocycles. The maximum Gasteiger partial charge on any atom is 0.323 e. The number of ether oxygens (including phenoxy) is 2. The molecule has 0 saturated heterocycles. The van der Waals surface area contributed by atoms with Gasteiger partial charge in [-0.1, -0.05) is 135 Å². The van der Waals surface area contributed by atoms with E-state index in [1.165, 1.54) is 82.6 Å². The number of hydrogen-bond donors (Lipinski definition) is 0. The van der Waals surface area contributed by atoms with E-state index in [1.807, 2.05) is 32.0 Å². The smallest absolute Gasteiger partial charge is 0.323 e. The van der Waals surface area contributed by atoms with Crippen LogP contribution in [-0.4, -0.2) is 25.2 Å². The van der Waals surface area contributed by atoms with E-state index in [1.54, 1.807) is 0 Å². The Morgan fingerprint density at radius 3 is 1.44 bits per heavy atom. The van der Waals surface area contributed by atoms with Gasteiger partial charge in [0.15, 0.2) is 5.41 Å². The van der Waals surface area contributed by atoms with Crippen LogP contribution in [0.5, 0.6) is 0 Å². The van der Waals surface area contributed by atoms with E-state index in [2.05, 4.69) is 19.1 Å². The first kappa shape index (κ1) is 32.2. The van der Waals surface area contributed by atoms with Crippen LogP contribution in [0.1, 0.15) is 135 Å². The summed E-state index contributed by atoms with van der Waals surface area (Å²) in [5.41, 5.74) is 0.0429. The third-order valence-electron chi connectivity index (χ3n) is 7.41. The molecule has 0 aliphatic carbocycles. The molecule has 0 aliphatic rings. The van der Waals surface area contributed by atoms with Crippen molar-refractivity contribution in [1.29, 1.82) is 0 Å². The highest BCUT2D eigenvalue weighted by atomic mass is 16.6. The van der Waals surface area contributed by atoms with Crippen LogP contribution in [0.25, 0.3) is 0 Å². The number of carbonyl (C=O) groups is 2. The van der Waals surface area contributed by atoms with Crippen LogP contribution in [0.2, 0.25) is 0 Å². The highest BCUT2D eigenvalue weighted by Gasteiger charge is 2.45. The number of benzene rings is 1. The molecule has 0 radical (unpaired) electrons. The molecule has 1 aromatic carbocycles. The second-order valence-corrected chi connectivity index (χ2v) is 10.2. The Labute approximate surface area is 221 Å². The van der Waals surface area contributed by atoms with E-state index in [0.29, 0.717) is 26.1 Å². The first-order valence-electron chi connectivity index (χ1n) is 15.0. The lowest BCUT2D eigenvalue weighted by Gasteiger charge is -2.27. The minimum atomic E-state index is -1.18. The van der Waals surface area contributed by atoms with Gasteiger partial charge in [0, 0.05) is 0 Å². The topological polar surface area (TPSA) is 52.6 Å². The van der Waals surface area contributed by atoms with E-state index < -0.39 is 17.4 Å². The van der Waals surface area contributed by atoms with Crippen molar-refractivity contribution < 1.29 is 19.1 Å². The lowest BCUT2D eigenvalue weighted by atomic mass is 9.82. The van der Waals surface area contributed by atoms with Crippen LogP contribution in [0.3, 0.4) is 0 Å². The molecule has 0 heterocycles. The summed E-state index contributed by atoms with van der Waals surface area (Å²) in [6.45, 7) is 6.71. The second kappa shape index (κ2) is 21.3. The van der Waals surface area contributed by atoms with Crippen molar-refractivity contribution in [2.45, 2.75) is 136 Å². The standard InChI is InChI=1S/C32H54O4/c1-4-7-8-9-10-11-12-13-14-15-16-17-18-22-27-35-30(33)32(5-2,6-3)31(34)36-28-23-26-29-24-20-19-21-25-29/h19-21,24-25H,4-18,22-23,26-28H2,1-3H3. The van der Waals surface area contributed by atoms with E-state index >= 15 is 0 Å². The molecule has 206 valence electrons. The van der Waals surface area contributed by atoms with Crippen molar-refractivity contribution in [1.82, 2.24) is 0 Å². The molecule has 0 aromatic heterocycles. The van der Waals surface area contributed by atoms with Gasteiger partial charge in [-0.05, 0) is 37.7 Å². The number of hydrogen-bond acceptors (Lipinski definition) is 4. The van der Waals surface area contributed by atoms with Crippen LogP contribution in [0, 0.1) is 5.41 Å². The highest BCUT2D eigenvalue weighted by molar-refractivity contribution is 5.99. The van der Waals surface area contributed by atoms with Gasteiger partial charge in [0.1, 0.15) is 0 Å². The molecular weight excluding hydrogens is 448 g/mol. The summed E-state index contributed by atoms with van der Waals surface area (Å²) < 4.78 is 11.1. The monoisotopic (exact) mass is 502 g/mol. The molecule has 0 atom stereocenters. The third kappa shape index (κ3) is 13.5. The Balaban J connectivity index is 2.12. The molecule has 0 unspecified atom stereocenters. The molecule has 0 saturated carbocycles. The van der Waals surface area contributed by atoms with Crippen LogP contribution >= 0.6 is 0 Å². The zero-order valence-electron chi connectivity index (χ0n) is 23.7. The van der Waals surface area contributed by atoms with Gasteiger partial charge in [0.05, 0.1) is 13.2 Å². The minimum Gasteiger partial charge on any atom is -0.465 e. The SMILES string of the molecule is CCCCCCCCCCCCCCCCOC(=O)C(CC)(CC)C(=O)OCCCc1ccccc1. The largest absolute Gasteiger partial charge is 0.465 e. The van der Waals surface area contributed by atoms with E-state index in [9.17, 15) is 9.59 Å². The number of aryl methyl sites for hydroxylation is 1. The summed E-state index contributed by atoms with van der Waals surface area (Å²) in [6.07, 6.45) is 20.5. The number of carbonyl (C=O) groups excluding carboxylic acids is 2. The molecular formula is C32H54O4. The van der Waals surface area contributed by atoms with Gasteiger partial charge in [0.2, 0.25) is 0 Å². The Morgan fingerprint density at radius 2 is 1.00 bits per heavy atom. The minimum absolute atomic E-state index is 0.321. The average molecular weight is 503 g/mol. The Morgan fingerprint density at radius 1 is 0.583 bits per heavy atom. The first-order valence-corrected chi connectivity index (χ1v) is 15.0. The summed E-state index contributed by atoms with van der Waals surface area (Å²) >= 11 is 0. The predicted octanol–water partition coefficient (Wildman–Crippen LogP) is 8.99. The summed E-state index contributed by atoms with van der Waals surface area (Å²) in [7, 11) is 0. The average Bonchev–Trinajstić information content (AvgIpc) is 2.90. The molecule has 1 rings (SSSR count). The fraction of sp³-hybridized carbons (Fsp3) is 0.750. The van der Waals surface area contributed by atoms with Gasteiger partial charge in [-0.15, -0.1) is 0 Å². The van der Waals surface area contributed by atoms with E-state index in [0.717, 1.165) is 25.7 Å². The highest BCUT2D eigenvalue weighted by Crippen LogP contribution is 2.30. The molecule has 0 spiro atoms. The summed E-state index contributed by atoms with van der Waals surface area (Å²) in [4.78, 5) is 25.7. The predicted molar refractivity (Wildman–Crippen MR) is 150 cm³/mol. The van der Waals surface area contributed by atoms with Crippen molar-refractivity contribution in [3.8, 4) is 0 Å². The van der Waals surface area contributed by atoms with Crippen molar-refractivity contribution >= 4 is 11.9 Å². The molecule has 0 bridgehead atoms. The third-order valence-corrected chi connectivity index (χ3v) is 7.41. The zero-order chi connectivity index (χ0) is 26.3. The Kier molecular flexibility index (Phi) is 19.0. The molecule has 0 amide bonds. The summed E-state index contributed by atoms with van der Waals surface area (Å²) in [6, 6.07) is 10.1. The number of esters is 2. The van der Waals surface area contributed by atoms with E-state index in [-0.39, 0.29) is 0 Å². The summed E-state index contributed by atoms with van der Waals surface area (Å²) in [5, 5.41) is 0. The van der Waals surface area contributed by atoms with Gasteiger partial charge < -0.3 is 9.47 Å². The lowest BCUT2D eigenvalue weighted by Crippen LogP contribution is -2.41. The van der Waals surface area contributed by atoms with Crippen molar-refractivity contribution in [2.24, 2.45) is 5.41 Å². The fourth-order valence-corrected chi connectivity index (χ4v) is 4.73. The number of rotatable bonds is 23. The van der Waals surface area contributed by atoms with Gasteiger partial charge in [-0.3, -0.25) is 9.59 Å². The molecule has 36 heavy (non-hydrogen) atoms. The Hall–Kier alpha value is -1.84. The second-order valence-electron chi connectivity index (χ2n) is 10.2. The normalized spacial score (nSPS) is 11.4. The van der Waals surface area contributed by atoms with Crippen LogP contribution in [0.15, 0.2) is 30.3 Å². The van der Waals surface area contributed by atoms with Gasteiger partial charge in [-0.2, -0.15) is 0 Å². The number of unbranched alkanes of at least 4 members (excludes halogenated alkanes) is 13. The summed E-state index contributed by atoms with van der Waals surface area (Å²) in [5.74, 6) is -0.859.